The van der Waals surface area contributed by atoms with Crippen molar-refractivity contribution in [1.29, 1.82) is 0 Å². The second-order valence-electron chi connectivity index (χ2n) is 4.83. The van der Waals surface area contributed by atoms with Crippen LogP contribution < -0.4 is 5.43 Å². The van der Waals surface area contributed by atoms with Crippen LogP contribution in [-0.2, 0) is 0 Å². The minimum atomic E-state index is -0.118. The van der Waals surface area contributed by atoms with Gasteiger partial charge in [0.05, 0.1) is 5.39 Å². The molecule has 0 unspecified atom stereocenters. The Morgan fingerprint density at radius 3 is 2.59 bits per heavy atom. The van der Waals surface area contributed by atoms with Crippen LogP contribution in [0.25, 0.3) is 28.0 Å². The van der Waals surface area contributed by atoms with E-state index in [2.05, 4.69) is 10.2 Å². The van der Waals surface area contributed by atoms with Gasteiger partial charge in [-0.15, -0.1) is 10.2 Å². The fourth-order valence-corrected chi connectivity index (χ4v) is 2.43. The number of fused-ring (bicyclic) bond motifs is 1. The first-order chi connectivity index (χ1) is 10.8. The lowest BCUT2D eigenvalue weighted by atomic mass is 10.1. The zero-order valence-electron chi connectivity index (χ0n) is 11.5. The van der Waals surface area contributed by atoms with Crippen LogP contribution in [0.5, 0.6) is 0 Å². The van der Waals surface area contributed by atoms with Gasteiger partial charge in [-0.2, -0.15) is 0 Å². The third-order valence-corrected chi connectivity index (χ3v) is 3.50. The van der Waals surface area contributed by atoms with Gasteiger partial charge in [0.1, 0.15) is 23.7 Å². The third kappa shape index (κ3) is 1.91. The summed E-state index contributed by atoms with van der Waals surface area (Å²) in [4.78, 5) is 12.7. The van der Waals surface area contributed by atoms with Crippen molar-refractivity contribution in [3.05, 3.63) is 77.4 Å². The molecular weight excluding hydrogens is 278 g/mol. The van der Waals surface area contributed by atoms with Crippen LogP contribution in [-0.4, -0.2) is 14.8 Å². The molecule has 0 N–H and O–H groups in total. The van der Waals surface area contributed by atoms with Gasteiger partial charge in [-0.05, 0) is 24.3 Å². The maximum atomic E-state index is 12.7. The highest BCUT2D eigenvalue weighted by Crippen LogP contribution is 2.20. The van der Waals surface area contributed by atoms with Crippen molar-refractivity contribution in [3.63, 3.8) is 0 Å². The van der Waals surface area contributed by atoms with Crippen LogP contribution in [0.1, 0.15) is 0 Å². The molecule has 0 bridgehead atoms. The molecule has 0 atom stereocenters. The predicted molar refractivity (Wildman–Crippen MR) is 82.8 cm³/mol. The predicted octanol–water partition coefficient (Wildman–Crippen LogP) is 3.04. The first-order valence-electron chi connectivity index (χ1n) is 6.81. The molecule has 5 nitrogen and oxygen atoms in total. The van der Waals surface area contributed by atoms with Crippen molar-refractivity contribution in [2.24, 2.45) is 0 Å². The fraction of sp³-hybridized carbons (Fsp3) is 0. The molecule has 0 aliphatic rings. The summed E-state index contributed by atoms with van der Waals surface area (Å²) in [5, 5.41) is 8.54. The summed E-state index contributed by atoms with van der Waals surface area (Å²) < 4.78 is 7.32. The first-order valence-corrected chi connectivity index (χ1v) is 6.81. The molecule has 106 valence electrons. The van der Waals surface area contributed by atoms with Crippen LogP contribution in [0.2, 0.25) is 0 Å². The molecule has 2 heterocycles. The maximum Gasteiger partial charge on any atom is 0.203 e. The van der Waals surface area contributed by atoms with Gasteiger partial charge in [0.15, 0.2) is 5.82 Å². The molecule has 0 amide bonds. The van der Waals surface area contributed by atoms with Crippen molar-refractivity contribution in [1.82, 2.24) is 14.8 Å². The van der Waals surface area contributed by atoms with Gasteiger partial charge in [0, 0.05) is 5.69 Å². The molecule has 0 fully saturated rings. The largest absolute Gasteiger partial charge is 0.463 e. The Morgan fingerprint density at radius 2 is 1.73 bits per heavy atom. The first kappa shape index (κ1) is 12.5. The van der Waals surface area contributed by atoms with Crippen LogP contribution in [0.4, 0.5) is 0 Å². The van der Waals surface area contributed by atoms with Gasteiger partial charge < -0.3 is 4.42 Å². The molecule has 0 radical (unpaired) electrons. The Labute approximate surface area is 125 Å². The third-order valence-electron chi connectivity index (χ3n) is 3.50. The summed E-state index contributed by atoms with van der Waals surface area (Å²) in [6.45, 7) is 0. The van der Waals surface area contributed by atoms with Crippen molar-refractivity contribution >= 4 is 11.0 Å². The van der Waals surface area contributed by atoms with E-state index in [4.69, 9.17) is 4.42 Å². The Kier molecular flexibility index (Phi) is 2.83. The number of aromatic nitrogens is 3. The van der Waals surface area contributed by atoms with Crippen LogP contribution >= 0.6 is 0 Å². The Bertz CT molecular complexity index is 1000. The normalized spacial score (nSPS) is 10.9. The van der Waals surface area contributed by atoms with Gasteiger partial charge in [0.2, 0.25) is 5.43 Å². The molecule has 2 aromatic carbocycles. The van der Waals surface area contributed by atoms with E-state index in [9.17, 15) is 4.79 Å². The summed E-state index contributed by atoms with van der Waals surface area (Å²) in [6.07, 6.45) is 3.02. The Hall–Kier alpha value is -3.21. The second kappa shape index (κ2) is 4.96. The van der Waals surface area contributed by atoms with Crippen molar-refractivity contribution in [3.8, 4) is 17.1 Å². The molecule has 0 aliphatic carbocycles. The van der Waals surface area contributed by atoms with E-state index in [-0.39, 0.29) is 5.43 Å². The molecule has 2 aromatic heterocycles. The molecule has 0 saturated heterocycles. The topological polar surface area (TPSA) is 60.9 Å². The maximum absolute atomic E-state index is 12.7. The van der Waals surface area contributed by atoms with Gasteiger partial charge in [-0.3, -0.25) is 9.36 Å². The number of rotatable bonds is 2. The lowest BCUT2D eigenvalue weighted by molar-refractivity contribution is 0.603. The van der Waals surface area contributed by atoms with E-state index < -0.39 is 0 Å². The highest BCUT2D eigenvalue weighted by atomic mass is 16.3. The van der Waals surface area contributed by atoms with Crippen LogP contribution in [0.3, 0.4) is 0 Å². The molecule has 22 heavy (non-hydrogen) atoms. The molecule has 4 aromatic rings. The van der Waals surface area contributed by atoms with E-state index in [1.165, 1.54) is 6.26 Å². The molecule has 0 aliphatic heterocycles. The highest BCUT2D eigenvalue weighted by Gasteiger charge is 2.15. The van der Waals surface area contributed by atoms with Gasteiger partial charge in [-0.25, -0.2) is 0 Å². The zero-order chi connectivity index (χ0) is 14.9. The van der Waals surface area contributed by atoms with Crippen molar-refractivity contribution < 1.29 is 4.42 Å². The van der Waals surface area contributed by atoms with E-state index in [0.29, 0.717) is 22.4 Å². The molecule has 0 spiro atoms. The summed E-state index contributed by atoms with van der Waals surface area (Å²) in [5.74, 6) is 0.464. The zero-order valence-corrected chi connectivity index (χ0v) is 11.5. The minimum absolute atomic E-state index is 0.118. The molecular formula is C17H11N3O2. The summed E-state index contributed by atoms with van der Waals surface area (Å²) in [5.41, 5.74) is 1.71. The van der Waals surface area contributed by atoms with Gasteiger partial charge in [-0.1, -0.05) is 30.3 Å². The highest BCUT2D eigenvalue weighted by molar-refractivity contribution is 5.80. The van der Waals surface area contributed by atoms with E-state index in [1.54, 1.807) is 23.0 Å². The smallest absolute Gasteiger partial charge is 0.203 e. The number of hydrogen-bond acceptors (Lipinski definition) is 4. The average Bonchev–Trinajstić information content (AvgIpc) is 3.06. The lowest BCUT2D eigenvalue weighted by Crippen LogP contribution is -2.08. The average molecular weight is 289 g/mol. The summed E-state index contributed by atoms with van der Waals surface area (Å²) in [7, 11) is 0. The fourth-order valence-electron chi connectivity index (χ4n) is 2.43. The number of benzene rings is 2. The van der Waals surface area contributed by atoms with Crippen LogP contribution in [0, 0.1) is 0 Å². The van der Waals surface area contributed by atoms with E-state index in [0.717, 1.165) is 5.69 Å². The minimum Gasteiger partial charge on any atom is -0.463 e. The number of hydrogen-bond donors (Lipinski definition) is 0. The van der Waals surface area contributed by atoms with Gasteiger partial charge in [0.25, 0.3) is 0 Å². The monoisotopic (exact) mass is 289 g/mol. The standard InChI is InChI=1S/C17H11N3O2/c21-16-13-8-4-5-9-15(13)22-10-14(16)17-19-18-11-20(17)12-6-2-1-3-7-12/h1-11H. The SMILES string of the molecule is O=c1c(-c2nncn2-c2ccccc2)coc2ccccc12. The van der Waals surface area contributed by atoms with E-state index >= 15 is 0 Å². The van der Waals surface area contributed by atoms with E-state index in [1.807, 2.05) is 42.5 Å². The Morgan fingerprint density at radius 1 is 0.955 bits per heavy atom. The quantitative estimate of drug-likeness (QED) is 0.569. The summed E-state index contributed by atoms with van der Waals surface area (Å²) in [6, 6.07) is 16.8. The summed E-state index contributed by atoms with van der Waals surface area (Å²) >= 11 is 0. The van der Waals surface area contributed by atoms with Crippen molar-refractivity contribution in [2.75, 3.05) is 0 Å². The second-order valence-corrected chi connectivity index (χ2v) is 4.83. The van der Waals surface area contributed by atoms with Crippen molar-refractivity contribution in [2.45, 2.75) is 0 Å². The van der Waals surface area contributed by atoms with Gasteiger partial charge >= 0.3 is 0 Å². The number of nitrogens with zero attached hydrogens (tertiary/aromatic N) is 3. The van der Waals surface area contributed by atoms with Crippen LogP contribution in [0.15, 0.2) is 76.4 Å². The molecule has 4 rings (SSSR count). The number of para-hydroxylation sites is 2. The molecule has 5 heteroatoms. The lowest BCUT2D eigenvalue weighted by Gasteiger charge is -2.06. The molecule has 0 saturated carbocycles. The Balaban J connectivity index is 1.96.